The molecular formula is C18H20F3N5. The van der Waals surface area contributed by atoms with Gasteiger partial charge in [0.15, 0.2) is 0 Å². The number of hydrogen-bond acceptors (Lipinski definition) is 5. The molecule has 0 saturated heterocycles. The Balaban J connectivity index is 2.29. The Morgan fingerprint density at radius 1 is 1.04 bits per heavy atom. The van der Waals surface area contributed by atoms with Gasteiger partial charge in [0.05, 0.1) is 5.70 Å². The van der Waals surface area contributed by atoms with Crippen LogP contribution in [-0.4, -0.2) is 36.4 Å². The maximum Gasteiger partial charge on any atom is 0.433 e. The first kappa shape index (κ1) is 19.5. The molecule has 1 aromatic carbocycles. The van der Waals surface area contributed by atoms with Crippen LogP contribution in [0.5, 0.6) is 0 Å². The summed E-state index contributed by atoms with van der Waals surface area (Å²) in [5.41, 5.74) is 0.303. The summed E-state index contributed by atoms with van der Waals surface area (Å²) in [6.07, 6.45) is -1.24. The van der Waals surface area contributed by atoms with Crippen LogP contribution in [0.3, 0.4) is 0 Å². The van der Waals surface area contributed by atoms with E-state index in [1.165, 1.54) is 24.5 Å². The first-order valence-electron chi connectivity index (χ1n) is 7.79. The SMILES string of the molecule is CN(C)Cc1ccc(N/C(C=N)=C(/Nc2ccncc2)C(F)(F)F)cc1. The van der Waals surface area contributed by atoms with E-state index < -0.39 is 11.9 Å². The lowest BCUT2D eigenvalue weighted by Crippen LogP contribution is -2.24. The highest BCUT2D eigenvalue weighted by atomic mass is 19.4. The highest BCUT2D eigenvalue weighted by Crippen LogP contribution is 2.29. The molecule has 0 aliphatic heterocycles. The van der Waals surface area contributed by atoms with Gasteiger partial charge < -0.3 is 20.9 Å². The van der Waals surface area contributed by atoms with E-state index in [1.807, 2.05) is 31.1 Å². The lowest BCUT2D eigenvalue weighted by Gasteiger charge is -2.19. The highest BCUT2D eigenvalue weighted by Gasteiger charge is 2.36. The summed E-state index contributed by atoms with van der Waals surface area (Å²) in [7, 11) is 3.87. The average Bonchev–Trinajstić information content (AvgIpc) is 2.59. The second-order valence-electron chi connectivity index (χ2n) is 5.85. The quantitative estimate of drug-likeness (QED) is 0.649. The number of anilines is 2. The molecule has 0 aliphatic carbocycles. The molecule has 26 heavy (non-hydrogen) atoms. The molecule has 2 aromatic rings. The number of aromatic nitrogens is 1. The zero-order chi connectivity index (χ0) is 19.2. The van der Waals surface area contributed by atoms with Gasteiger partial charge >= 0.3 is 6.18 Å². The van der Waals surface area contributed by atoms with Gasteiger partial charge in [0.1, 0.15) is 5.70 Å². The Labute approximate surface area is 150 Å². The molecule has 5 nitrogen and oxygen atoms in total. The van der Waals surface area contributed by atoms with E-state index in [0.29, 0.717) is 11.9 Å². The molecule has 8 heteroatoms. The fourth-order valence-corrected chi connectivity index (χ4v) is 2.26. The summed E-state index contributed by atoms with van der Waals surface area (Å²) in [6, 6.07) is 9.86. The van der Waals surface area contributed by atoms with E-state index in [9.17, 15) is 13.2 Å². The molecule has 2 rings (SSSR count). The predicted octanol–water partition coefficient (Wildman–Crippen LogP) is 4.09. The van der Waals surface area contributed by atoms with E-state index in [0.717, 1.165) is 12.1 Å². The molecule has 0 atom stereocenters. The summed E-state index contributed by atoms with van der Waals surface area (Å²) in [5.74, 6) is 0. The average molecular weight is 363 g/mol. The van der Waals surface area contributed by atoms with Crippen molar-refractivity contribution in [1.82, 2.24) is 9.88 Å². The van der Waals surface area contributed by atoms with Crippen LogP contribution >= 0.6 is 0 Å². The number of halogens is 3. The number of nitrogens with one attached hydrogen (secondary N) is 3. The van der Waals surface area contributed by atoms with E-state index in [1.54, 1.807) is 12.1 Å². The Morgan fingerprint density at radius 2 is 1.62 bits per heavy atom. The van der Waals surface area contributed by atoms with Crippen molar-refractivity contribution in [3.05, 3.63) is 65.7 Å². The van der Waals surface area contributed by atoms with Crippen molar-refractivity contribution in [2.24, 2.45) is 0 Å². The summed E-state index contributed by atoms with van der Waals surface area (Å²) >= 11 is 0. The van der Waals surface area contributed by atoms with Gasteiger partial charge in [0.25, 0.3) is 0 Å². The van der Waals surface area contributed by atoms with Crippen LogP contribution in [0.4, 0.5) is 24.5 Å². The number of allylic oxidation sites excluding steroid dienone is 2. The Hall–Kier alpha value is -2.87. The van der Waals surface area contributed by atoms with Crippen LogP contribution in [0.15, 0.2) is 60.2 Å². The van der Waals surface area contributed by atoms with Crippen molar-refractivity contribution in [1.29, 1.82) is 5.41 Å². The predicted molar refractivity (Wildman–Crippen MR) is 97.2 cm³/mol. The van der Waals surface area contributed by atoms with Gasteiger partial charge in [0.2, 0.25) is 0 Å². The molecular weight excluding hydrogens is 343 g/mol. The maximum atomic E-state index is 13.5. The van der Waals surface area contributed by atoms with Crippen LogP contribution in [0.2, 0.25) is 0 Å². The van der Waals surface area contributed by atoms with Crippen molar-refractivity contribution in [3.63, 3.8) is 0 Å². The minimum Gasteiger partial charge on any atom is -0.353 e. The summed E-state index contributed by atoms with van der Waals surface area (Å²) in [6.45, 7) is 0.727. The van der Waals surface area contributed by atoms with Gasteiger partial charge in [-0.25, -0.2) is 0 Å². The number of hydrogen-bond donors (Lipinski definition) is 3. The Kier molecular flexibility index (Phi) is 6.35. The number of rotatable bonds is 7. The highest BCUT2D eigenvalue weighted by molar-refractivity contribution is 5.83. The van der Waals surface area contributed by atoms with Crippen molar-refractivity contribution >= 4 is 17.6 Å². The van der Waals surface area contributed by atoms with Crippen molar-refractivity contribution in [2.45, 2.75) is 12.7 Å². The molecule has 0 aliphatic rings. The minimum absolute atomic E-state index is 0.231. The fraction of sp³-hybridized carbons (Fsp3) is 0.222. The minimum atomic E-state index is -4.66. The molecule has 0 amide bonds. The van der Waals surface area contributed by atoms with Gasteiger partial charge in [-0.1, -0.05) is 12.1 Å². The molecule has 138 valence electrons. The smallest absolute Gasteiger partial charge is 0.353 e. The monoisotopic (exact) mass is 363 g/mol. The van der Waals surface area contributed by atoms with E-state index >= 15 is 0 Å². The second-order valence-corrected chi connectivity index (χ2v) is 5.85. The lowest BCUT2D eigenvalue weighted by molar-refractivity contribution is -0.0906. The molecule has 0 radical (unpaired) electrons. The molecule has 0 spiro atoms. The number of pyridine rings is 1. The van der Waals surface area contributed by atoms with E-state index in [2.05, 4.69) is 15.6 Å². The zero-order valence-corrected chi connectivity index (χ0v) is 14.4. The van der Waals surface area contributed by atoms with Crippen LogP contribution < -0.4 is 10.6 Å². The zero-order valence-electron chi connectivity index (χ0n) is 14.4. The molecule has 3 N–H and O–H groups in total. The first-order valence-corrected chi connectivity index (χ1v) is 7.79. The largest absolute Gasteiger partial charge is 0.433 e. The summed E-state index contributed by atoms with van der Waals surface area (Å²) < 4.78 is 40.4. The van der Waals surface area contributed by atoms with Gasteiger partial charge in [-0.15, -0.1) is 0 Å². The Morgan fingerprint density at radius 3 is 2.12 bits per heavy atom. The van der Waals surface area contributed by atoms with Gasteiger partial charge in [-0.3, -0.25) is 4.98 Å². The number of nitrogens with zero attached hydrogens (tertiary/aromatic N) is 2. The van der Waals surface area contributed by atoms with Crippen molar-refractivity contribution in [3.8, 4) is 0 Å². The summed E-state index contributed by atoms with van der Waals surface area (Å²) in [5, 5.41) is 12.4. The third kappa shape index (κ3) is 5.59. The molecule has 1 aromatic heterocycles. The fourth-order valence-electron chi connectivity index (χ4n) is 2.26. The first-order chi connectivity index (χ1) is 12.3. The topological polar surface area (TPSA) is 64.0 Å². The van der Waals surface area contributed by atoms with E-state index in [-0.39, 0.29) is 11.4 Å². The molecule has 0 fully saturated rings. The second kappa shape index (κ2) is 8.48. The van der Waals surface area contributed by atoms with Crippen molar-refractivity contribution < 1.29 is 13.2 Å². The third-order valence-electron chi connectivity index (χ3n) is 3.38. The standard InChI is InChI=1S/C18H20F3N5/c1-26(2)12-13-3-5-14(6-4-13)24-16(11-22)17(18(19,20)21)25-15-7-9-23-10-8-15/h3-11,22,24H,12H2,1-2H3,(H,23,25)/b17-16+,22-11?. The number of benzene rings is 1. The number of alkyl halides is 3. The molecule has 1 heterocycles. The van der Waals surface area contributed by atoms with Gasteiger partial charge in [-0.05, 0) is 43.9 Å². The van der Waals surface area contributed by atoms with Crippen LogP contribution in [0.1, 0.15) is 5.56 Å². The molecule has 0 saturated carbocycles. The summed E-state index contributed by atoms with van der Waals surface area (Å²) in [4.78, 5) is 5.77. The third-order valence-corrected chi connectivity index (χ3v) is 3.38. The normalized spacial score (nSPS) is 12.5. The Bertz CT molecular complexity index is 753. The van der Waals surface area contributed by atoms with E-state index in [4.69, 9.17) is 5.41 Å². The van der Waals surface area contributed by atoms with Gasteiger partial charge in [-0.2, -0.15) is 13.2 Å². The van der Waals surface area contributed by atoms with Crippen LogP contribution in [0, 0.1) is 5.41 Å². The van der Waals surface area contributed by atoms with Gasteiger partial charge in [0, 0.05) is 36.5 Å². The molecule has 0 unspecified atom stereocenters. The maximum absolute atomic E-state index is 13.5. The molecule has 0 bridgehead atoms. The van der Waals surface area contributed by atoms with Crippen LogP contribution in [0.25, 0.3) is 0 Å². The van der Waals surface area contributed by atoms with Crippen LogP contribution in [-0.2, 0) is 6.54 Å². The lowest BCUT2D eigenvalue weighted by atomic mass is 10.2. The van der Waals surface area contributed by atoms with Crippen molar-refractivity contribution in [2.75, 3.05) is 24.7 Å².